The van der Waals surface area contributed by atoms with Crippen LogP contribution in [-0.2, 0) is 0 Å². The maximum atomic E-state index is 13.7. The van der Waals surface area contributed by atoms with E-state index in [1.165, 1.54) is 0 Å². The van der Waals surface area contributed by atoms with Crippen LogP contribution in [0.25, 0.3) is 5.69 Å². The standard InChI is InChI=1S/C24H18ClN3O2/c1-15-21-22(16-7-9-17(25)10-8-16)27(18-11-13-20(29)14-12-18)24(30)23(21)28(26-15)19-5-3-2-4-6-19/h2-14,22,29H,1H3/t22-/m1/s1. The number of carbonyl (C=O) groups is 1. The third-order valence-electron chi connectivity index (χ3n) is 5.37. The number of anilines is 1. The summed E-state index contributed by atoms with van der Waals surface area (Å²) in [5.41, 5.74) is 4.69. The van der Waals surface area contributed by atoms with E-state index in [0.29, 0.717) is 16.4 Å². The number of phenols is 1. The van der Waals surface area contributed by atoms with Crippen LogP contribution >= 0.6 is 11.6 Å². The third kappa shape index (κ3) is 2.86. The molecule has 0 bridgehead atoms. The molecular weight excluding hydrogens is 398 g/mol. The monoisotopic (exact) mass is 415 g/mol. The lowest BCUT2D eigenvalue weighted by Crippen LogP contribution is -2.30. The van der Waals surface area contributed by atoms with E-state index in [9.17, 15) is 9.90 Å². The fraction of sp³-hybridized carbons (Fsp3) is 0.0833. The summed E-state index contributed by atoms with van der Waals surface area (Å²) in [5.74, 6) is 0.0117. The van der Waals surface area contributed by atoms with E-state index >= 15 is 0 Å². The number of aromatic hydroxyl groups is 1. The summed E-state index contributed by atoms with van der Waals surface area (Å²) in [6.45, 7) is 1.93. The molecule has 1 atom stereocenters. The lowest BCUT2D eigenvalue weighted by Gasteiger charge is -2.26. The van der Waals surface area contributed by atoms with Gasteiger partial charge in [0, 0.05) is 16.3 Å². The van der Waals surface area contributed by atoms with Crippen molar-refractivity contribution in [3.8, 4) is 11.4 Å². The molecule has 0 unspecified atom stereocenters. The maximum absolute atomic E-state index is 13.7. The highest BCUT2D eigenvalue weighted by atomic mass is 35.5. The summed E-state index contributed by atoms with van der Waals surface area (Å²) < 4.78 is 1.72. The second kappa shape index (κ2) is 7.04. The van der Waals surface area contributed by atoms with E-state index in [1.54, 1.807) is 33.8 Å². The molecule has 1 aliphatic heterocycles. The van der Waals surface area contributed by atoms with Gasteiger partial charge in [-0.1, -0.05) is 41.9 Å². The highest BCUT2D eigenvalue weighted by Crippen LogP contribution is 2.44. The van der Waals surface area contributed by atoms with Crippen LogP contribution in [0.5, 0.6) is 5.75 Å². The zero-order chi connectivity index (χ0) is 20.8. The molecule has 1 N–H and O–H groups in total. The van der Waals surface area contributed by atoms with Crippen molar-refractivity contribution in [3.63, 3.8) is 0 Å². The Morgan fingerprint density at radius 3 is 2.23 bits per heavy atom. The van der Waals surface area contributed by atoms with Crippen LogP contribution in [0, 0.1) is 6.92 Å². The predicted octanol–water partition coefficient (Wildman–Crippen LogP) is 5.29. The number of carbonyl (C=O) groups excluding carboxylic acids is 1. The predicted molar refractivity (Wildman–Crippen MR) is 117 cm³/mol. The maximum Gasteiger partial charge on any atom is 0.278 e. The van der Waals surface area contributed by atoms with Crippen molar-refractivity contribution in [2.24, 2.45) is 0 Å². The van der Waals surface area contributed by atoms with Gasteiger partial charge in [0.2, 0.25) is 0 Å². The topological polar surface area (TPSA) is 58.4 Å². The van der Waals surface area contributed by atoms with E-state index in [1.807, 2.05) is 61.5 Å². The summed E-state index contributed by atoms with van der Waals surface area (Å²) in [5, 5.41) is 15.0. The quantitative estimate of drug-likeness (QED) is 0.494. The average Bonchev–Trinajstić information content (AvgIpc) is 3.26. The van der Waals surface area contributed by atoms with Crippen molar-refractivity contribution in [1.82, 2.24) is 9.78 Å². The van der Waals surface area contributed by atoms with Crippen molar-refractivity contribution in [2.45, 2.75) is 13.0 Å². The number of hydrogen-bond acceptors (Lipinski definition) is 3. The lowest BCUT2D eigenvalue weighted by molar-refractivity contribution is 0.0986. The molecule has 1 aromatic heterocycles. The van der Waals surface area contributed by atoms with Crippen molar-refractivity contribution in [3.05, 3.63) is 106 Å². The van der Waals surface area contributed by atoms with Crippen LogP contribution < -0.4 is 4.90 Å². The zero-order valence-corrected chi connectivity index (χ0v) is 16.9. The Morgan fingerprint density at radius 1 is 0.900 bits per heavy atom. The number of para-hydroxylation sites is 1. The van der Waals surface area contributed by atoms with Crippen LogP contribution in [0.2, 0.25) is 5.02 Å². The molecule has 3 aromatic carbocycles. The second-order valence-corrected chi connectivity index (χ2v) is 7.68. The molecule has 0 aliphatic carbocycles. The SMILES string of the molecule is Cc1nn(-c2ccccc2)c2c1[C@@H](c1ccc(Cl)cc1)N(c1ccc(O)cc1)C2=O. The Hall–Kier alpha value is -3.57. The van der Waals surface area contributed by atoms with E-state index in [4.69, 9.17) is 16.7 Å². The first-order valence-electron chi connectivity index (χ1n) is 9.57. The van der Waals surface area contributed by atoms with E-state index < -0.39 is 0 Å². The molecule has 0 saturated carbocycles. The van der Waals surface area contributed by atoms with Crippen molar-refractivity contribution < 1.29 is 9.90 Å². The molecule has 5 nitrogen and oxygen atoms in total. The van der Waals surface area contributed by atoms with Crippen LogP contribution in [0.4, 0.5) is 5.69 Å². The van der Waals surface area contributed by atoms with Gasteiger partial charge in [-0.25, -0.2) is 4.68 Å². The number of hydrogen-bond donors (Lipinski definition) is 1. The molecule has 2 heterocycles. The molecule has 0 fully saturated rings. The number of rotatable bonds is 3. The lowest BCUT2D eigenvalue weighted by atomic mass is 9.99. The molecular formula is C24H18ClN3O2. The Morgan fingerprint density at radius 2 is 1.57 bits per heavy atom. The van der Waals surface area contributed by atoms with Crippen molar-refractivity contribution in [1.29, 1.82) is 0 Å². The number of nitrogens with zero attached hydrogens (tertiary/aromatic N) is 3. The summed E-state index contributed by atoms with van der Waals surface area (Å²) in [6.07, 6.45) is 0. The van der Waals surface area contributed by atoms with Crippen LogP contribution in [0.3, 0.4) is 0 Å². The fourth-order valence-electron chi connectivity index (χ4n) is 4.03. The van der Waals surface area contributed by atoms with Gasteiger partial charge in [-0.05, 0) is 61.0 Å². The second-order valence-electron chi connectivity index (χ2n) is 7.24. The minimum atomic E-state index is -0.341. The number of fused-ring (bicyclic) bond motifs is 1. The first kappa shape index (κ1) is 18.5. The Bertz CT molecular complexity index is 1230. The van der Waals surface area contributed by atoms with Gasteiger partial charge in [-0.15, -0.1) is 0 Å². The van der Waals surface area contributed by atoms with Crippen LogP contribution in [0.15, 0.2) is 78.9 Å². The van der Waals surface area contributed by atoms with E-state index in [2.05, 4.69) is 0 Å². The largest absolute Gasteiger partial charge is 0.508 e. The number of halogens is 1. The fourth-order valence-corrected chi connectivity index (χ4v) is 4.16. The number of aryl methyl sites for hydroxylation is 1. The number of aromatic nitrogens is 2. The Balaban J connectivity index is 1.74. The van der Waals surface area contributed by atoms with Gasteiger partial charge in [0.05, 0.1) is 17.4 Å². The van der Waals surface area contributed by atoms with Crippen molar-refractivity contribution >= 4 is 23.2 Å². The summed E-state index contributed by atoms with van der Waals surface area (Å²) in [4.78, 5) is 15.5. The molecule has 6 heteroatoms. The van der Waals surface area contributed by atoms with Gasteiger partial charge >= 0.3 is 0 Å². The molecule has 0 saturated heterocycles. The minimum absolute atomic E-state index is 0.139. The van der Waals surface area contributed by atoms with Gasteiger partial charge in [-0.2, -0.15) is 5.10 Å². The first-order valence-corrected chi connectivity index (χ1v) is 9.95. The van der Waals surface area contributed by atoms with E-state index in [-0.39, 0.29) is 17.7 Å². The molecule has 0 radical (unpaired) electrons. The van der Waals surface area contributed by atoms with Gasteiger partial charge in [0.15, 0.2) is 0 Å². The zero-order valence-electron chi connectivity index (χ0n) is 16.2. The average molecular weight is 416 g/mol. The molecule has 0 spiro atoms. The van der Waals surface area contributed by atoms with Crippen LogP contribution in [-0.4, -0.2) is 20.8 Å². The minimum Gasteiger partial charge on any atom is -0.508 e. The van der Waals surface area contributed by atoms with E-state index in [0.717, 1.165) is 22.5 Å². The highest BCUT2D eigenvalue weighted by Gasteiger charge is 2.43. The number of amides is 1. The third-order valence-corrected chi connectivity index (χ3v) is 5.63. The number of benzene rings is 3. The smallest absolute Gasteiger partial charge is 0.278 e. The normalized spacial score (nSPS) is 15.5. The summed E-state index contributed by atoms with van der Waals surface area (Å²) in [7, 11) is 0. The first-order chi connectivity index (χ1) is 14.5. The van der Waals surface area contributed by atoms with Crippen molar-refractivity contribution in [2.75, 3.05) is 4.90 Å². The highest BCUT2D eigenvalue weighted by molar-refractivity contribution is 6.30. The van der Waals surface area contributed by atoms with Gasteiger partial charge in [0.25, 0.3) is 5.91 Å². The Kier molecular flexibility index (Phi) is 4.33. The number of phenolic OH excluding ortho intramolecular Hbond substituents is 1. The Labute approximate surface area is 178 Å². The van der Waals surface area contributed by atoms with Gasteiger partial charge in [-0.3, -0.25) is 9.69 Å². The van der Waals surface area contributed by atoms with Gasteiger partial charge < -0.3 is 5.11 Å². The molecule has 4 aromatic rings. The molecule has 148 valence electrons. The summed E-state index contributed by atoms with van der Waals surface area (Å²) in [6, 6.07) is 23.5. The van der Waals surface area contributed by atoms with Gasteiger partial charge in [0.1, 0.15) is 11.4 Å². The molecule has 1 aliphatic rings. The van der Waals surface area contributed by atoms with Crippen LogP contribution in [0.1, 0.15) is 33.4 Å². The molecule has 30 heavy (non-hydrogen) atoms. The molecule has 5 rings (SSSR count). The molecule has 1 amide bonds. The summed E-state index contributed by atoms with van der Waals surface area (Å²) >= 11 is 6.11.